The lowest BCUT2D eigenvalue weighted by Gasteiger charge is -2.20. The molecular formula is C47H83NO. The highest BCUT2D eigenvalue weighted by atomic mass is 16.2. The van der Waals surface area contributed by atoms with E-state index in [4.69, 9.17) is 0 Å². The van der Waals surface area contributed by atoms with Gasteiger partial charge in [0.2, 0.25) is 0 Å². The van der Waals surface area contributed by atoms with Crippen LogP contribution in [0.1, 0.15) is 243 Å². The minimum Gasteiger partial charge on any atom is -0.291 e. The predicted molar refractivity (Wildman–Crippen MR) is 219 cm³/mol. The topological polar surface area (TPSA) is 20.3 Å². The van der Waals surface area contributed by atoms with Crippen LogP contribution in [-0.2, 0) is 5.41 Å². The summed E-state index contributed by atoms with van der Waals surface area (Å²) in [5.41, 5.74) is 2.11. The molecule has 1 rings (SSSR count). The second kappa shape index (κ2) is 32.1. The third kappa shape index (κ3) is 26.6. The standard InChI is InChI=1S/C47H83NO/c1-6-8-10-12-14-16-18-20-22-24-26-28-30-32-34-36-42-48(46(49)44-38-40-45(41-39-44)47(3,4)5)43-37-35-33-31-29-27-25-23-21-19-17-15-13-11-9-7-2/h36-43H,6-35H2,1-5H3. The molecule has 0 spiro atoms. The monoisotopic (exact) mass is 678 g/mol. The normalized spacial score (nSPS) is 12.1. The van der Waals surface area contributed by atoms with Crippen molar-refractivity contribution in [1.29, 1.82) is 0 Å². The van der Waals surface area contributed by atoms with E-state index in [-0.39, 0.29) is 11.3 Å². The number of rotatable bonds is 33. The molecule has 2 heteroatoms. The predicted octanol–water partition coefficient (Wildman–Crippen LogP) is 16.2. The first-order valence-corrected chi connectivity index (χ1v) is 21.7. The number of amides is 1. The van der Waals surface area contributed by atoms with Crippen molar-refractivity contribution >= 4 is 5.91 Å². The van der Waals surface area contributed by atoms with Crippen molar-refractivity contribution in [1.82, 2.24) is 4.90 Å². The number of allylic oxidation sites excluding steroid dienone is 2. The van der Waals surface area contributed by atoms with Crippen LogP contribution in [0.4, 0.5) is 0 Å². The summed E-state index contributed by atoms with van der Waals surface area (Å²) in [6.07, 6.45) is 49.3. The van der Waals surface area contributed by atoms with Gasteiger partial charge in [-0.3, -0.25) is 9.69 Å². The first kappa shape index (κ1) is 45.2. The summed E-state index contributed by atoms with van der Waals surface area (Å²) in [6, 6.07) is 8.22. The van der Waals surface area contributed by atoms with Gasteiger partial charge in [0.15, 0.2) is 0 Å². The second-order valence-electron chi connectivity index (χ2n) is 16.1. The lowest BCUT2D eigenvalue weighted by Crippen LogP contribution is -2.20. The quantitative estimate of drug-likeness (QED) is 0.0678. The molecule has 282 valence electrons. The zero-order valence-electron chi connectivity index (χ0n) is 33.7. The molecule has 0 N–H and O–H groups in total. The molecule has 0 fully saturated rings. The number of hydrogen-bond donors (Lipinski definition) is 0. The van der Waals surface area contributed by atoms with E-state index in [1.165, 1.54) is 185 Å². The molecule has 0 saturated carbocycles. The van der Waals surface area contributed by atoms with Gasteiger partial charge in [0.1, 0.15) is 0 Å². The van der Waals surface area contributed by atoms with Crippen molar-refractivity contribution in [3.05, 3.63) is 59.9 Å². The molecule has 0 bridgehead atoms. The Morgan fingerprint density at radius 1 is 0.469 bits per heavy atom. The van der Waals surface area contributed by atoms with Gasteiger partial charge < -0.3 is 0 Å². The molecule has 1 aromatic rings. The molecule has 0 aliphatic carbocycles. The lowest BCUT2D eigenvalue weighted by molar-refractivity contribution is 0.0869. The smallest absolute Gasteiger partial charge is 0.261 e. The Kier molecular flexibility index (Phi) is 29.6. The van der Waals surface area contributed by atoms with Crippen LogP contribution in [-0.4, -0.2) is 10.8 Å². The molecule has 0 heterocycles. The molecule has 0 aliphatic heterocycles. The van der Waals surface area contributed by atoms with E-state index in [1.807, 2.05) is 29.4 Å². The van der Waals surface area contributed by atoms with Gasteiger partial charge in [-0.1, -0.05) is 226 Å². The SMILES string of the molecule is CCCCCCCCCCCCCCCCC=CN(C=CCCCCCCCCCCCCCCCC)C(=O)c1ccc(C(C)(C)C)cc1. The third-order valence-electron chi connectivity index (χ3n) is 10.2. The summed E-state index contributed by atoms with van der Waals surface area (Å²) in [5, 5.41) is 0. The molecule has 0 unspecified atom stereocenters. The van der Waals surface area contributed by atoms with Crippen molar-refractivity contribution in [2.75, 3.05) is 0 Å². The average molecular weight is 678 g/mol. The first-order valence-electron chi connectivity index (χ1n) is 21.7. The molecule has 49 heavy (non-hydrogen) atoms. The van der Waals surface area contributed by atoms with Crippen LogP contribution in [0.15, 0.2) is 48.8 Å². The van der Waals surface area contributed by atoms with Gasteiger partial charge in [-0.25, -0.2) is 0 Å². The largest absolute Gasteiger partial charge is 0.291 e. The molecule has 0 saturated heterocycles. The Morgan fingerprint density at radius 2 is 0.755 bits per heavy atom. The van der Waals surface area contributed by atoms with Crippen LogP contribution in [0.2, 0.25) is 0 Å². The van der Waals surface area contributed by atoms with E-state index in [0.29, 0.717) is 0 Å². The van der Waals surface area contributed by atoms with Gasteiger partial charge in [-0.05, 0) is 48.8 Å². The van der Waals surface area contributed by atoms with Crippen molar-refractivity contribution in [3.8, 4) is 0 Å². The highest BCUT2D eigenvalue weighted by Gasteiger charge is 2.16. The number of benzene rings is 1. The van der Waals surface area contributed by atoms with Gasteiger partial charge in [0, 0.05) is 18.0 Å². The Balaban J connectivity index is 2.33. The maximum atomic E-state index is 13.5. The molecule has 0 aliphatic rings. The highest BCUT2D eigenvalue weighted by molar-refractivity contribution is 5.95. The van der Waals surface area contributed by atoms with Crippen LogP contribution in [0.25, 0.3) is 0 Å². The molecular weight excluding hydrogens is 595 g/mol. The third-order valence-corrected chi connectivity index (χ3v) is 10.2. The van der Waals surface area contributed by atoms with Gasteiger partial charge in [-0.2, -0.15) is 0 Å². The highest BCUT2D eigenvalue weighted by Crippen LogP contribution is 2.23. The van der Waals surface area contributed by atoms with Crippen LogP contribution in [0.3, 0.4) is 0 Å². The van der Waals surface area contributed by atoms with Crippen LogP contribution >= 0.6 is 0 Å². The fourth-order valence-corrected chi connectivity index (χ4v) is 6.74. The number of carbonyl (C=O) groups excluding carboxylic acids is 1. The van der Waals surface area contributed by atoms with E-state index in [2.05, 4.69) is 58.9 Å². The van der Waals surface area contributed by atoms with Gasteiger partial charge in [0.05, 0.1) is 0 Å². The van der Waals surface area contributed by atoms with Crippen molar-refractivity contribution in [3.63, 3.8) is 0 Å². The van der Waals surface area contributed by atoms with Crippen molar-refractivity contribution in [2.45, 2.75) is 233 Å². The summed E-state index contributed by atoms with van der Waals surface area (Å²) in [5.74, 6) is 0.0647. The molecule has 0 radical (unpaired) electrons. The van der Waals surface area contributed by atoms with Crippen molar-refractivity contribution < 1.29 is 4.79 Å². The minimum absolute atomic E-state index is 0.0647. The number of hydrogen-bond acceptors (Lipinski definition) is 1. The van der Waals surface area contributed by atoms with E-state index in [9.17, 15) is 4.79 Å². The van der Waals surface area contributed by atoms with E-state index < -0.39 is 0 Å². The zero-order chi connectivity index (χ0) is 35.7. The van der Waals surface area contributed by atoms with E-state index >= 15 is 0 Å². The molecule has 0 aromatic heterocycles. The van der Waals surface area contributed by atoms with Gasteiger partial charge >= 0.3 is 0 Å². The maximum Gasteiger partial charge on any atom is 0.261 e. The number of nitrogens with zero attached hydrogens (tertiary/aromatic N) is 1. The Hall–Kier alpha value is -1.83. The maximum absolute atomic E-state index is 13.5. The second-order valence-corrected chi connectivity index (χ2v) is 16.1. The fourth-order valence-electron chi connectivity index (χ4n) is 6.74. The summed E-state index contributed by atoms with van der Waals surface area (Å²) >= 11 is 0. The zero-order valence-corrected chi connectivity index (χ0v) is 33.7. The molecule has 1 amide bonds. The first-order chi connectivity index (χ1) is 23.9. The summed E-state index contributed by atoms with van der Waals surface area (Å²) in [6.45, 7) is 11.2. The Labute approximate surface area is 307 Å². The van der Waals surface area contributed by atoms with E-state index in [0.717, 1.165) is 18.4 Å². The van der Waals surface area contributed by atoms with Gasteiger partial charge in [-0.15, -0.1) is 0 Å². The minimum atomic E-state index is 0.0647. The molecule has 0 atom stereocenters. The van der Waals surface area contributed by atoms with Crippen LogP contribution in [0.5, 0.6) is 0 Å². The van der Waals surface area contributed by atoms with E-state index in [1.54, 1.807) is 0 Å². The average Bonchev–Trinajstić information content (AvgIpc) is 3.09. The summed E-state index contributed by atoms with van der Waals surface area (Å²) in [4.78, 5) is 15.3. The van der Waals surface area contributed by atoms with Crippen LogP contribution in [0, 0.1) is 0 Å². The lowest BCUT2D eigenvalue weighted by atomic mass is 9.86. The Morgan fingerprint density at radius 3 is 1.04 bits per heavy atom. The summed E-state index contributed by atoms with van der Waals surface area (Å²) < 4.78 is 0. The fraction of sp³-hybridized carbons (Fsp3) is 0.766. The van der Waals surface area contributed by atoms with Crippen LogP contribution < -0.4 is 0 Å². The Bertz CT molecular complexity index is 878. The van der Waals surface area contributed by atoms with Gasteiger partial charge in [0.25, 0.3) is 5.91 Å². The molecule has 1 aromatic carbocycles. The number of unbranched alkanes of at least 4 members (excludes halogenated alkanes) is 28. The summed E-state index contributed by atoms with van der Waals surface area (Å²) in [7, 11) is 0. The molecule has 2 nitrogen and oxygen atoms in total. The van der Waals surface area contributed by atoms with Crippen molar-refractivity contribution in [2.24, 2.45) is 0 Å². The number of carbonyl (C=O) groups is 1.